The van der Waals surface area contributed by atoms with Gasteiger partial charge in [0, 0.05) is 0 Å². The molecule has 0 heterocycles. The third kappa shape index (κ3) is 24.7. The van der Waals surface area contributed by atoms with Crippen LogP contribution in [-0.4, -0.2) is 8.80 Å². The van der Waals surface area contributed by atoms with E-state index in [0.29, 0.717) is 0 Å². The predicted molar refractivity (Wildman–Crippen MR) is 16.2 cm³/mol. The Kier molecular flexibility index (Phi) is 28.0. The van der Waals surface area contributed by atoms with Crippen molar-refractivity contribution in [3.05, 3.63) is 0 Å². The van der Waals surface area contributed by atoms with Crippen molar-refractivity contribution in [2.75, 3.05) is 0 Å². The van der Waals surface area contributed by atoms with Crippen LogP contribution in [0.2, 0.25) is 6.04 Å². The molecule has 0 aliphatic carbocycles. The second kappa shape index (κ2) is 11.1. The largest absolute Gasteiger partial charge is 1.00 e. The smallest absolute Gasteiger partial charge is 0.881 e. The van der Waals surface area contributed by atoms with Crippen molar-refractivity contribution in [1.82, 2.24) is 0 Å². The van der Waals surface area contributed by atoms with Crippen LogP contribution < -0.4 is 103 Å². The van der Waals surface area contributed by atoms with Gasteiger partial charge in [-0.05, 0) is 0 Å². The summed E-state index contributed by atoms with van der Waals surface area (Å²) in [7, 11) is -4.38. The molecule has 0 amide bonds. The molecule has 9 heavy (non-hydrogen) atoms. The predicted octanol–water partition coefficient (Wildman–Crippen LogP) is -12.0. The maximum Gasteiger partial charge on any atom is 1.00 e. The molecule has 7 heteroatoms. The van der Waals surface area contributed by atoms with Crippen LogP contribution in [0.1, 0.15) is 6.92 Å². The van der Waals surface area contributed by atoms with Crippen LogP contribution in [0.5, 0.6) is 0 Å². The van der Waals surface area contributed by atoms with E-state index in [1.165, 1.54) is 6.92 Å². The Morgan fingerprint density at radius 1 is 1.00 bits per heavy atom. The molecule has 0 aliphatic rings. The van der Waals surface area contributed by atoms with Crippen molar-refractivity contribution in [1.29, 1.82) is 0 Å². The number of rotatable bonds is 1. The molecular weight excluding hydrogens is 169 g/mol. The van der Waals surface area contributed by atoms with Gasteiger partial charge >= 0.3 is 88.7 Å². The fourth-order valence-electron chi connectivity index (χ4n) is 0. The molecular formula is C2H5Na3O3Si. The van der Waals surface area contributed by atoms with Gasteiger partial charge in [0.2, 0.25) is 0 Å². The van der Waals surface area contributed by atoms with E-state index >= 15 is 0 Å². The van der Waals surface area contributed by atoms with Crippen LogP contribution in [0.3, 0.4) is 0 Å². The number of hydrogen-bond donors (Lipinski definition) is 0. The Morgan fingerprint density at radius 3 is 1.11 bits per heavy atom. The first-order valence-electron chi connectivity index (χ1n) is 1.67. The van der Waals surface area contributed by atoms with Gasteiger partial charge in [0.1, 0.15) is 0 Å². The summed E-state index contributed by atoms with van der Waals surface area (Å²) in [6.07, 6.45) is 0. The molecule has 0 saturated heterocycles. The minimum atomic E-state index is -4.38. The maximum absolute atomic E-state index is 9.50. The van der Waals surface area contributed by atoms with E-state index in [2.05, 4.69) is 0 Å². The van der Waals surface area contributed by atoms with Gasteiger partial charge in [0.25, 0.3) is 0 Å². The monoisotopic (exact) mass is 174 g/mol. The van der Waals surface area contributed by atoms with Gasteiger partial charge in [-0.25, -0.2) is 0 Å². The van der Waals surface area contributed by atoms with Crippen LogP contribution >= 0.6 is 0 Å². The van der Waals surface area contributed by atoms with E-state index in [1.807, 2.05) is 0 Å². The second-order valence-corrected chi connectivity index (χ2v) is 3.11. The van der Waals surface area contributed by atoms with Crippen LogP contribution in [0.15, 0.2) is 0 Å². The van der Waals surface area contributed by atoms with E-state index in [-0.39, 0.29) is 94.7 Å². The van der Waals surface area contributed by atoms with Crippen molar-refractivity contribution in [3.8, 4) is 0 Å². The molecule has 0 aromatic rings. The Bertz CT molecular complexity index is 46.8. The molecule has 3 nitrogen and oxygen atoms in total. The summed E-state index contributed by atoms with van der Waals surface area (Å²) in [5.74, 6) is 0. The van der Waals surface area contributed by atoms with Crippen LogP contribution in [0.4, 0.5) is 0 Å². The van der Waals surface area contributed by atoms with E-state index in [1.54, 1.807) is 0 Å². The van der Waals surface area contributed by atoms with E-state index in [9.17, 15) is 14.4 Å². The Morgan fingerprint density at radius 2 is 1.11 bits per heavy atom. The summed E-state index contributed by atoms with van der Waals surface area (Å²) in [5, 5.41) is 0. The molecule has 0 aromatic heterocycles. The fourth-order valence-corrected chi connectivity index (χ4v) is 0. The van der Waals surface area contributed by atoms with Crippen molar-refractivity contribution >= 4 is 8.80 Å². The van der Waals surface area contributed by atoms with Gasteiger partial charge < -0.3 is 14.4 Å². The summed E-state index contributed by atoms with van der Waals surface area (Å²) < 4.78 is 0. The zero-order valence-electron chi connectivity index (χ0n) is 6.43. The van der Waals surface area contributed by atoms with Crippen molar-refractivity contribution in [3.63, 3.8) is 0 Å². The van der Waals surface area contributed by atoms with Crippen molar-refractivity contribution < 1.29 is 103 Å². The maximum atomic E-state index is 9.50. The first kappa shape index (κ1) is 22.7. The summed E-state index contributed by atoms with van der Waals surface area (Å²) in [6.45, 7) is 1.33. The van der Waals surface area contributed by atoms with Gasteiger partial charge in [0.15, 0.2) is 0 Å². The van der Waals surface area contributed by atoms with E-state index < -0.39 is 8.80 Å². The van der Waals surface area contributed by atoms with E-state index in [4.69, 9.17) is 0 Å². The summed E-state index contributed by atoms with van der Waals surface area (Å²) in [5.41, 5.74) is 0. The molecule has 0 unspecified atom stereocenters. The zero-order chi connectivity index (χ0) is 5.21. The summed E-state index contributed by atoms with van der Waals surface area (Å²) in [4.78, 5) is 28.5. The molecule has 0 radical (unpaired) electrons. The molecule has 38 valence electrons. The quantitative estimate of drug-likeness (QED) is 0.371. The van der Waals surface area contributed by atoms with Gasteiger partial charge in [-0.2, -0.15) is 0 Å². The molecule has 0 aliphatic heterocycles. The van der Waals surface area contributed by atoms with Gasteiger partial charge in [-0.3, -0.25) is 8.80 Å². The summed E-state index contributed by atoms with van der Waals surface area (Å²) >= 11 is 0. The van der Waals surface area contributed by atoms with Crippen LogP contribution in [0, 0.1) is 0 Å². The van der Waals surface area contributed by atoms with Crippen LogP contribution in [-0.2, 0) is 0 Å². The molecule has 0 aromatic carbocycles. The zero-order valence-corrected chi connectivity index (χ0v) is 13.4. The Labute approximate surface area is 122 Å². The van der Waals surface area contributed by atoms with Crippen LogP contribution in [0.25, 0.3) is 0 Å². The van der Waals surface area contributed by atoms with Crippen molar-refractivity contribution in [2.24, 2.45) is 0 Å². The molecule has 0 N–H and O–H groups in total. The minimum absolute atomic E-state index is 0. The molecule has 0 saturated carbocycles. The summed E-state index contributed by atoms with van der Waals surface area (Å²) in [6, 6.07) is -0.257. The molecule has 0 rings (SSSR count). The molecule has 0 atom stereocenters. The van der Waals surface area contributed by atoms with E-state index in [0.717, 1.165) is 0 Å². The standard InChI is InChI=1S/C2H5O3Si.3Na/c1-2-6(3,4)5;;;/h2H2,1H3;;;/q-3;3*+1. The van der Waals surface area contributed by atoms with Gasteiger partial charge in [-0.1, -0.05) is 6.92 Å². The average molecular weight is 174 g/mol. The Hall–Kier alpha value is 3.10. The van der Waals surface area contributed by atoms with Crippen molar-refractivity contribution in [2.45, 2.75) is 13.0 Å². The second-order valence-electron chi connectivity index (χ2n) is 1.04. The average Bonchev–Trinajstić information content (AvgIpc) is 1.35. The van der Waals surface area contributed by atoms with Gasteiger partial charge in [0.05, 0.1) is 0 Å². The molecule has 0 fully saturated rings. The number of hydrogen-bond acceptors (Lipinski definition) is 3. The molecule has 0 bridgehead atoms. The normalized spacial score (nSPS) is 8.00. The first-order chi connectivity index (χ1) is 2.56. The van der Waals surface area contributed by atoms with Gasteiger partial charge in [-0.15, -0.1) is 6.04 Å². The fraction of sp³-hybridized carbons (Fsp3) is 1.00. The molecule has 0 spiro atoms. The Balaban J connectivity index is -0.0000000417. The first-order valence-corrected chi connectivity index (χ1v) is 3.60. The third-order valence-corrected chi connectivity index (χ3v) is 1.30. The SMILES string of the molecule is CC[Si]([O-])([O-])[O-].[Na+].[Na+].[Na+]. The topological polar surface area (TPSA) is 69.2 Å². The minimum Gasteiger partial charge on any atom is -0.881 e. The third-order valence-electron chi connectivity index (χ3n) is 0.433.